The first kappa shape index (κ1) is 16.9. The molecule has 0 aromatic heterocycles. The summed E-state index contributed by atoms with van der Waals surface area (Å²) in [4.78, 5) is 2.42. The Bertz CT molecular complexity index is 223. The Morgan fingerprint density at radius 2 is 2.16 bits per heavy atom. The summed E-state index contributed by atoms with van der Waals surface area (Å²) >= 11 is 0. The molecule has 19 heavy (non-hydrogen) atoms. The van der Waals surface area contributed by atoms with Crippen molar-refractivity contribution < 1.29 is 14.2 Å². The zero-order valence-electron chi connectivity index (χ0n) is 12.6. The van der Waals surface area contributed by atoms with Crippen molar-refractivity contribution >= 4 is 0 Å². The van der Waals surface area contributed by atoms with Crippen LogP contribution in [0, 0.1) is 5.92 Å². The number of nitrogens with two attached hydrogens (primary N) is 1. The van der Waals surface area contributed by atoms with Gasteiger partial charge in [0.15, 0.2) is 0 Å². The molecule has 0 aromatic carbocycles. The van der Waals surface area contributed by atoms with Crippen LogP contribution in [0.3, 0.4) is 0 Å². The van der Waals surface area contributed by atoms with E-state index in [1.807, 2.05) is 0 Å². The number of ether oxygens (including phenoxy) is 3. The van der Waals surface area contributed by atoms with Crippen LogP contribution in [0.4, 0.5) is 0 Å². The SMILES string of the molecule is COCCN(C(C)COC)C(CN)C1CCCOC1. The van der Waals surface area contributed by atoms with Gasteiger partial charge in [-0.15, -0.1) is 0 Å². The average Bonchev–Trinajstić information content (AvgIpc) is 2.44. The van der Waals surface area contributed by atoms with Gasteiger partial charge in [-0.2, -0.15) is 0 Å². The number of nitrogens with zero attached hydrogens (tertiary/aromatic N) is 1. The van der Waals surface area contributed by atoms with Gasteiger partial charge in [0.2, 0.25) is 0 Å². The summed E-state index contributed by atoms with van der Waals surface area (Å²) in [6.07, 6.45) is 2.34. The molecule has 0 saturated carbocycles. The van der Waals surface area contributed by atoms with Gasteiger partial charge in [-0.25, -0.2) is 0 Å². The van der Waals surface area contributed by atoms with Crippen LogP contribution in [-0.2, 0) is 14.2 Å². The first-order valence-electron chi connectivity index (χ1n) is 7.26. The predicted octanol–water partition coefficient (Wildman–Crippen LogP) is 0.724. The summed E-state index contributed by atoms with van der Waals surface area (Å²) in [6.45, 7) is 6.88. The molecule has 5 nitrogen and oxygen atoms in total. The van der Waals surface area contributed by atoms with E-state index in [-0.39, 0.29) is 0 Å². The maximum Gasteiger partial charge on any atom is 0.0615 e. The van der Waals surface area contributed by atoms with Crippen LogP contribution in [-0.4, -0.2) is 70.7 Å². The average molecular weight is 274 g/mol. The van der Waals surface area contributed by atoms with E-state index in [2.05, 4.69) is 11.8 Å². The van der Waals surface area contributed by atoms with Crippen LogP contribution in [0.25, 0.3) is 0 Å². The van der Waals surface area contributed by atoms with Crippen molar-refractivity contribution in [2.24, 2.45) is 11.7 Å². The number of hydrogen-bond acceptors (Lipinski definition) is 5. The van der Waals surface area contributed by atoms with Crippen molar-refractivity contribution in [1.29, 1.82) is 0 Å². The second kappa shape index (κ2) is 9.66. The minimum Gasteiger partial charge on any atom is -0.383 e. The molecule has 1 aliphatic rings. The molecule has 0 aromatic rings. The van der Waals surface area contributed by atoms with E-state index in [0.29, 0.717) is 31.2 Å². The monoisotopic (exact) mass is 274 g/mol. The smallest absolute Gasteiger partial charge is 0.0615 e. The maximum atomic E-state index is 6.03. The van der Waals surface area contributed by atoms with Gasteiger partial charge in [-0.1, -0.05) is 0 Å². The molecule has 0 amide bonds. The summed E-state index contributed by atoms with van der Waals surface area (Å²) in [5, 5.41) is 0. The summed E-state index contributed by atoms with van der Waals surface area (Å²) in [7, 11) is 3.48. The fourth-order valence-electron chi connectivity index (χ4n) is 2.91. The third-order valence-corrected chi connectivity index (χ3v) is 3.93. The van der Waals surface area contributed by atoms with Crippen molar-refractivity contribution in [3.63, 3.8) is 0 Å². The lowest BCUT2D eigenvalue weighted by Gasteiger charge is -2.41. The first-order valence-corrected chi connectivity index (χ1v) is 7.26. The summed E-state index contributed by atoms with van der Waals surface area (Å²) in [5.41, 5.74) is 6.03. The molecule has 0 aliphatic carbocycles. The highest BCUT2D eigenvalue weighted by Gasteiger charge is 2.30. The maximum absolute atomic E-state index is 6.03. The van der Waals surface area contributed by atoms with Gasteiger partial charge in [0.05, 0.1) is 19.8 Å². The summed E-state index contributed by atoms with van der Waals surface area (Å²) < 4.78 is 16.1. The second-order valence-corrected chi connectivity index (χ2v) is 5.32. The van der Waals surface area contributed by atoms with E-state index in [1.54, 1.807) is 14.2 Å². The Kier molecular flexibility index (Phi) is 8.57. The summed E-state index contributed by atoms with van der Waals surface area (Å²) in [6, 6.07) is 0.691. The highest BCUT2D eigenvalue weighted by atomic mass is 16.5. The predicted molar refractivity (Wildman–Crippen MR) is 76.3 cm³/mol. The Hall–Kier alpha value is -0.200. The van der Waals surface area contributed by atoms with Gasteiger partial charge in [-0.05, 0) is 25.7 Å². The quantitative estimate of drug-likeness (QED) is 0.671. The second-order valence-electron chi connectivity index (χ2n) is 5.32. The van der Waals surface area contributed by atoms with Gasteiger partial charge in [0, 0.05) is 46.0 Å². The minimum atomic E-state index is 0.343. The number of hydrogen-bond donors (Lipinski definition) is 1. The Balaban J connectivity index is 2.66. The van der Waals surface area contributed by atoms with Gasteiger partial charge >= 0.3 is 0 Å². The van der Waals surface area contributed by atoms with Crippen molar-refractivity contribution in [3.8, 4) is 0 Å². The van der Waals surface area contributed by atoms with E-state index in [0.717, 1.165) is 32.8 Å². The van der Waals surface area contributed by atoms with Crippen molar-refractivity contribution in [1.82, 2.24) is 4.90 Å². The zero-order chi connectivity index (χ0) is 14.1. The standard InChI is InChI=1S/C14H30N2O3/c1-12(10-18-3)16(6-8-17-2)14(9-15)13-5-4-7-19-11-13/h12-14H,4-11,15H2,1-3H3. The van der Waals surface area contributed by atoms with Crippen molar-refractivity contribution in [3.05, 3.63) is 0 Å². The van der Waals surface area contributed by atoms with Crippen LogP contribution >= 0.6 is 0 Å². The van der Waals surface area contributed by atoms with Gasteiger partial charge in [0.25, 0.3) is 0 Å². The van der Waals surface area contributed by atoms with E-state index < -0.39 is 0 Å². The third kappa shape index (κ3) is 5.36. The van der Waals surface area contributed by atoms with Crippen LogP contribution in [0.15, 0.2) is 0 Å². The number of methoxy groups -OCH3 is 2. The lowest BCUT2D eigenvalue weighted by atomic mass is 9.91. The third-order valence-electron chi connectivity index (χ3n) is 3.93. The lowest BCUT2D eigenvalue weighted by molar-refractivity contribution is -0.0183. The minimum absolute atomic E-state index is 0.343. The highest BCUT2D eigenvalue weighted by molar-refractivity contribution is 4.85. The molecule has 3 atom stereocenters. The van der Waals surface area contributed by atoms with E-state index in [1.165, 1.54) is 6.42 Å². The lowest BCUT2D eigenvalue weighted by Crippen LogP contribution is -2.53. The Morgan fingerprint density at radius 3 is 2.68 bits per heavy atom. The molecule has 5 heteroatoms. The molecule has 2 N–H and O–H groups in total. The van der Waals surface area contributed by atoms with E-state index >= 15 is 0 Å². The molecule has 1 aliphatic heterocycles. The van der Waals surface area contributed by atoms with Crippen molar-refractivity contribution in [2.45, 2.75) is 31.8 Å². The van der Waals surface area contributed by atoms with Crippen molar-refractivity contribution in [2.75, 3.05) is 53.7 Å². The molecule has 1 heterocycles. The molecular weight excluding hydrogens is 244 g/mol. The normalized spacial score (nSPS) is 23.5. The first-order chi connectivity index (χ1) is 9.24. The van der Waals surface area contributed by atoms with Crippen LogP contribution in [0.2, 0.25) is 0 Å². The largest absolute Gasteiger partial charge is 0.383 e. The van der Waals surface area contributed by atoms with E-state index in [9.17, 15) is 0 Å². The molecular formula is C14H30N2O3. The van der Waals surface area contributed by atoms with Gasteiger partial charge in [0.1, 0.15) is 0 Å². The molecule has 0 radical (unpaired) electrons. The highest BCUT2D eigenvalue weighted by Crippen LogP contribution is 2.22. The molecule has 1 fully saturated rings. The Morgan fingerprint density at radius 1 is 1.37 bits per heavy atom. The molecule has 3 unspecified atom stereocenters. The fraction of sp³-hybridized carbons (Fsp3) is 1.00. The van der Waals surface area contributed by atoms with Gasteiger partial charge < -0.3 is 19.9 Å². The molecule has 0 bridgehead atoms. The molecule has 114 valence electrons. The molecule has 1 saturated heterocycles. The molecule has 0 spiro atoms. The van der Waals surface area contributed by atoms with E-state index in [4.69, 9.17) is 19.9 Å². The Labute approximate surface area is 117 Å². The molecule has 1 rings (SSSR count). The van der Waals surface area contributed by atoms with Crippen LogP contribution in [0.1, 0.15) is 19.8 Å². The van der Waals surface area contributed by atoms with Crippen LogP contribution in [0.5, 0.6) is 0 Å². The fourth-order valence-corrected chi connectivity index (χ4v) is 2.91. The summed E-state index contributed by atoms with van der Waals surface area (Å²) in [5.74, 6) is 0.523. The van der Waals surface area contributed by atoms with Gasteiger partial charge in [-0.3, -0.25) is 4.90 Å². The topological polar surface area (TPSA) is 57.0 Å². The number of rotatable bonds is 9. The zero-order valence-corrected chi connectivity index (χ0v) is 12.6. The van der Waals surface area contributed by atoms with Crippen LogP contribution < -0.4 is 5.73 Å².